The molecule has 3 aromatic carbocycles. The summed E-state index contributed by atoms with van der Waals surface area (Å²) in [5.41, 5.74) is 3.69. The Morgan fingerprint density at radius 2 is 1.82 bits per heavy atom. The van der Waals surface area contributed by atoms with E-state index in [0.717, 1.165) is 23.2 Å². The van der Waals surface area contributed by atoms with Gasteiger partial charge in [-0.2, -0.15) is 5.26 Å². The number of carbonyl (C=O) groups excluding carboxylic acids is 1. The average Bonchev–Trinajstić information content (AvgIpc) is 2.83. The molecule has 0 aliphatic carbocycles. The summed E-state index contributed by atoms with van der Waals surface area (Å²) in [5, 5.41) is 9.28. The van der Waals surface area contributed by atoms with E-state index in [-0.39, 0.29) is 16.7 Å². The fourth-order valence-corrected chi connectivity index (χ4v) is 5.22. The molecule has 0 saturated carbocycles. The molecule has 7 heteroatoms. The molecule has 0 spiro atoms. The lowest BCUT2D eigenvalue weighted by molar-refractivity contribution is -0.118. The maximum absolute atomic E-state index is 13.1. The highest BCUT2D eigenvalue weighted by Crippen LogP contribution is 2.37. The normalized spacial score (nSPS) is 15.4. The fraction of sp³-hybridized carbons (Fsp3) is 0.231. The van der Waals surface area contributed by atoms with Gasteiger partial charge in [0.15, 0.2) is 0 Å². The first-order chi connectivity index (χ1) is 15.9. The van der Waals surface area contributed by atoms with Gasteiger partial charge < -0.3 is 4.90 Å². The molecule has 6 nitrogen and oxygen atoms in total. The van der Waals surface area contributed by atoms with E-state index in [9.17, 15) is 18.5 Å². The molecule has 4 rings (SSSR count). The van der Waals surface area contributed by atoms with Gasteiger partial charge in [-0.3, -0.25) is 9.52 Å². The molecule has 1 aliphatic heterocycles. The van der Waals surface area contributed by atoms with Gasteiger partial charge in [0.25, 0.3) is 10.0 Å². The molecule has 1 aliphatic rings. The zero-order valence-electron chi connectivity index (χ0n) is 18.4. The zero-order chi connectivity index (χ0) is 23.4. The van der Waals surface area contributed by atoms with E-state index in [1.165, 1.54) is 0 Å². The lowest BCUT2D eigenvalue weighted by Crippen LogP contribution is -2.36. The van der Waals surface area contributed by atoms with Crippen molar-refractivity contribution < 1.29 is 13.2 Å². The van der Waals surface area contributed by atoms with Crippen LogP contribution in [0.2, 0.25) is 0 Å². The number of carbonyl (C=O) groups is 1. The number of aryl methyl sites for hydroxylation is 1. The maximum atomic E-state index is 13.1. The second kappa shape index (κ2) is 9.47. The number of nitriles is 1. The van der Waals surface area contributed by atoms with Crippen LogP contribution in [-0.4, -0.2) is 20.9 Å². The largest absolute Gasteiger partial charge is 0.312 e. The maximum Gasteiger partial charge on any atom is 0.261 e. The minimum atomic E-state index is -3.69. The Balaban J connectivity index is 1.53. The van der Waals surface area contributed by atoms with Crippen molar-refractivity contribution in [2.45, 2.75) is 37.0 Å². The molecule has 1 atom stereocenters. The molecule has 1 heterocycles. The summed E-state index contributed by atoms with van der Waals surface area (Å²) in [6.07, 6.45) is 1.59. The van der Waals surface area contributed by atoms with Crippen molar-refractivity contribution in [3.63, 3.8) is 0 Å². The van der Waals surface area contributed by atoms with Crippen LogP contribution >= 0.6 is 0 Å². The van der Waals surface area contributed by atoms with Crippen LogP contribution in [0, 0.1) is 11.3 Å². The molecule has 0 fully saturated rings. The van der Waals surface area contributed by atoms with Gasteiger partial charge in [0.05, 0.1) is 16.5 Å². The summed E-state index contributed by atoms with van der Waals surface area (Å²) in [7, 11) is -3.69. The Bertz CT molecular complexity index is 1310. The molecule has 1 amide bonds. The van der Waals surface area contributed by atoms with E-state index in [4.69, 9.17) is 0 Å². The molecule has 33 heavy (non-hydrogen) atoms. The number of anilines is 2. The predicted octanol–water partition coefficient (Wildman–Crippen LogP) is 4.83. The summed E-state index contributed by atoms with van der Waals surface area (Å²) >= 11 is 0. The number of fused-ring (bicyclic) bond motifs is 1. The standard InChI is InChI=1S/C26H25N3O3S/c1-19-15-16-29(26(30)14-11-20-7-5-6-8-21(20)18-27)25-13-12-22(17-24(19)25)28-33(31,32)23-9-3-2-4-10-23/h2-10,12-13,17,19,28H,11,14-16H2,1H3. The quantitative estimate of drug-likeness (QED) is 0.572. The molecule has 3 aromatic rings. The Hall–Kier alpha value is -3.63. The van der Waals surface area contributed by atoms with E-state index in [0.29, 0.717) is 30.6 Å². The molecule has 168 valence electrons. The number of hydrogen-bond acceptors (Lipinski definition) is 4. The van der Waals surface area contributed by atoms with Gasteiger partial charge in [0, 0.05) is 24.3 Å². The van der Waals surface area contributed by atoms with E-state index in [2.05, 4.69) is 17.7 Å². The minimum absolute atomic E-state index is 0.00601. The third-order valence-corrected chi connectivity index (χ3v) is 7.38. The van der Waals surface area contributed by atoms with Gasteiger partial charge in [0.1, 0.15) is 0 Å². The Labute approximate surface area is 194 Å². The summed E-state index contributed by atoms with van der Waals surface area (Å²) in [5.74, 6) is 0.193. The highest BCUT2D eigenvalue weighted by Gasteiger charge is 2.27. The highest BCUT2D eigenvalue weighted by molar-refractivity contribution is 7.92. The number of sulfonamides is 1. The first-order valence-electron chi connectivity index (χ1n) is 10.9. The molecule has 0 radical (unpaired) electrons. The van der Waals surface area contributed by atoms with E-state index in [1.54, 1.807) is 47.4 Å². The third-order valence-electron chi connectivity index (χ3n) is 5.99. The number of hydrogen-bond donors (Lipinski definition) is 1. The van der Waals surface area contributed by atoms with Crippen molar-refractivity contribution in [3.05, 3.63) is 89.5 Å². The highest BCUT2D eigenvalue weighted by atomic mass is 32.2. The first kappa shape index (κ1) is 22.6. The molecule has 0 aromatic heterocycles. The Morgan fingerprint density at radius 3 is 2.58 bits per heavy atom. The zero-order valence-corrected chi connectivity index (χ0v) is 19.2. The van der Waals surface area contributed by atoms with E-state index in [1.807, 2.05) is 30.3 Å². The van der Waals surface area contributed by atoms with Gasteiger partial charge >= 0.3 is 0 Å². The van der Waals surface area contributed by atoms with Crippen LogP contribution in [0.25, 0.3) is 0 Å². The molecular formula is C26H25N3O3S. The number of nitrogens with zero attached hydrogens (tertiary/aromatic N) is 2. The van der Waals surface area contributed by atoms with Crippen LogP contribution in [-0.2, 0) is 21.2 Å². The second-order valence-corrected chi connectivity index (χ2v) is 9.88. The van der Waals surface area contributed by atoms with Gasteiger partial charge in [0.2, 0.25) is 5.91 Å². The number of amides is 1. The summed E-state index contributed by atoms with van der Waals surface area (Å²) < 4.78 is 28.0. The smallest absolute Gasteiger partial charge is 0.261 e. The van der Waals surface area contributed by atoms with Gasteiger partial charge in [-0.25, -0.2) is 8.42 Å². The Kier molecular flexibility index (Phi) is 6.47. The van der Waals surface area contributed by atoms with Crippen LogP contribution in [0.1, 0.15) is 42.4 Å². The summed E-state index contributed by atoms with van der Waals surface area (Å²) in [6.45, 7) is 2.70. The van der Waals surface area contributed by atoms with Crippen LogP contribution < -0.4 is 9.62 Å². The van der Waals surface area contributed by atoms with Crippen LogP contribution in [0.15, 0.2) is 77.7 Å². The lowest BCUT2D eigenvalue weighted by Gasteiger charge is -2.33. The topological polar surface area (TPSA) is 90.3 Å². The van der Waals surface area contributed by atoms with Gasteiger partial charge in [-0.1, -0.05) is 43.3 Å². The van der Waals surface area contributed by atoms with Crippen molar-refractivity contribution in [2.24, 2.45) is 0 Å². The van der Waals surface area contributed by atoms with Crippen molar-refractivity contribution in [1.82, 2.24) is 0 Å². The second-order valence-electron chi connectivity index (χ2n) is 8.20. The van der Waals surface area contributed by atoms with Gasteiger partial charge in [-0.05, 0) is 66.3 Å². The number of rotatable bonds is 6. The molecule has 1 N–H and O–H groups in total. The minimum Gasteiger partial charge on any atom is -0.312 e. The lowest BCUT2D eigenvalue weighted by atomic mass is 9.90. The first-order valence-corrected chi connectivity index (χ1v) is 12.4. The SMILES string of the molecule is CC1CCN(C(=O)CCc2ccccc2C#N)c2ccc(NS(=O)(=O)c3ccccc3)cc21. The monoisotopic (exact) mass is 459 g/mol. The third kappa shape index (κ3) is 4.91. The fourth-order valence-electron chi connectivity index (χ4n) is 4.15. The van der Waals surface area contributed by atoms with E-state index < -0.39 is 10.0 Å². The molecule has 1 unspecified atom stereocenters. The summed E-state index contributed by atoms with van der Waals surface area (Å²) in [6, 6.07) is 23.1. The van der Waals surface area contributed by atoms with Crippen molar-refractivity contribution in [1.29, 1.82) is 5.26 Å². The summed E-state index contributed by atoms with van der Waals surface area (Å²) in [4.78, 5) is 15.0. The van der Waals surface area contributed by atoms with Crippen molar-refractivity contribution in [3.8, 4) is 6.07 Å². The number of nitrogens with one attached hydrogen (secondary N) is 1. The van der Waals surface area contributed by atoms with Crippen molar-refractivity contribution in [2.75, 3.05) is 16.2 Å². The number of benzene rings is 3. The van der Waals surface area contributed by atoms with Crippen molar-refractivity contribution >= 4 is 27.3 Å². The van der Waals surface area contributed by atoms with Gasteiger partial charge in [-0.15, -0.1) is 0 Å². The molecule has 0 saturated heterocycles. The predicted molar refractivity (Wildman–Crippen MR) is 129 cm³/mol. The van der Waals surface area contributed by atoms with Crippen LogP contribution in [0.4, 0.5) is 11.4 Å². The van der Waals surface area contributed by atoms with E-state index >= 15 is 0 Å². The average molecular weight is 460 g/mol. The van der Waals surface area contributed by atoms with Crippen LogP contribution in [0.3, 0.4) is 0 Å². The van der Waals surface area contributed by atoms with Crippen LogP contribution in [0.5, 0.6) is 0 Å². The Morgan fingerprint density at radius 1 is 1.09 bits per heavy atom. The molecular weight excluding hydrogens is 434 g/mol. The molecule has 0 bridgehead atoms.